The number of nitrogens with zero attached hydrogens (tertiary/aromatic N) is 1. The SMILES string of the molecule is NCc1cc(C(=O)NCC2(CO)CC2)ccn1. The predicted octanol–water partition coefficient (Wildman–Crippen LogP) is 0.0426. The largest absolute Gasteiger partial charge is 0.396 e. The molecular weight excluding hydrogens is 218 g/mol. The van der Waals surface area contributed by atoms with E-state index in [-0.39, 0.29) is 17.9 Å². The summed E-state index contributed by atoms with van der Waals surface area (Å²) in [5, 5.41) is 12.0. The lowest BCUT2D eigenvalue weighted by atomic mass is 10.1. The molecule has 0 unspecified atom stereocenters. The van der Waals surface area contributed by atoms with E-state index in [1.165, 1.54) is 0 Å². The molecule has 0 aliphatic heterocycles. The van der Waals surface area contributed by atoms with Crippen LogP contribution in [0.2, 0.25) is 0 Å². The van der Waals surface area contributed by atoms with Crippen LogP contribution in [0.15, 0.2) is 18.3 Å². The van der Waals surface area contributed by atoms with Crippen LogP contribution in [0.3, 0.4) is 0 Å². The first-order valence-corrected chi connectivity index (χ1v) is 5.73. The second-order valence-electron chi connectivity index (χ2n) is 4.58. The Labute approximate surface area is 100 Å². The van der Waals surface area contributed by atoms with Gasteiger partial charge in [-0.3, -0.25) is 9.78 Å². The van der Waals surface area contributed by atoms with Crippen molar-refractivity contribution in [3.63, 3.8) is 0 Å². The summed E-state index contributed by atoms with van der Waals surface area (Å²) < 4.78 is 0. The van der Waals surface area contributed by atoms with Gasteiger partial charge in [0.2, 0.25) is 0 Å². The Bertz CT molecular complexity index is 416. The number of pyridine rings is 1. The Hall–Kier alpha value is -1.46. The Morgan fingerprint density at radius 3 is 2.94 bits per heavy atom. The van der Waals surface area contributed by atoms with Gasteiger partial charge in [0.25, 0.3) is 5.91 Å². The van der Waals surface area contributed by atoms with Crippen LogP contribution in [0.25, 0.3) is 0 Å². The van der Waals surface area contributed by atoms with Crippen molar-refractivity contribution in [2.24, 2.45) is 11.1 Å². The van der Waals surface area contributed by atoms with Gasteiger partial charge in [-0.25, -0.2) is 0 Å². The molecule has 1 amide bonds. The number of aliphatic hydroxyl groups is 1. The van der Waals surface area contributed by atoms with Crippen LogP contribution in [0.1, 0.15) is 28.9 Å². The van der Waals surface area contributed by atoms with E-state index in [0.29, 0.717) is 24.3 Å². The number of aromatic nitrogens is 1. The number of nitrogens with one attached hydrogen (secondary N) is 1. The monoisotopic (exact) mass is 235 g/mol. The van der Waals surface area contributed by atoms with Crippen molar-refractivity contribution in [1.29, 1.82) is 0 Å². The molecule has 0 bridgehead atoms. The van der Waals surface area contributed by atoms with Gasteiger partial charge >= 0.3 is 0 Å². The highest BCUT2D eigenvalue weighted by Gasteiger charge is 2.42. The number of hydrogen-bond acceptors (Lipinski definition) is 4. The summed E-state index contributed by atoms with van der Waals surface area (Å²) in [5.74, 6) is -0.137. The molecule has 92 valence electrons. The first-order chi connectivity index (χ1) is 8.19. The van der Waals surface area contributed by atoms with E-state index in [2.05, 4.69) is 10.3 Å². The smallest absolute Gasteiger partial charge is 0.251 e. The molecule has 4 N–H and O–H groups in total. The fourth-order valence-corrected chi connectivity index (χ4v) is 1.67. The molecular formula is C12H17N3O2. The molecule has 0 saturated heterocycles. The minimum atomic E-state index is -0.137. The molecule has 1 heterocycles. The van der Waals surface area contributed by atoms with E-state index in [1.807, 2.05) is 0 Å². The van der Waals surface area contributed by atoms with E-state index < -0.39 is 0 Å². The summed E-state index contributed by atoms with van der Waals surface area (Å²) in [6.07, 6.45) is 3.54. The van der Waals surface area contributed by atoms with Crippen molar-refractivity contribution in [3.8, 4) is 0 Å². The Balaban J connectivity index is 1.95. The van der Waals surface area contributed by atoms with Crippen molar-refractivity contribution >= 4 is 5.91 Å². The number of aliphatic hydroxyl groups excluding tert-OH is 1. The molecule has 1 aromatic heterocycles. The molecule has 0 spiro atoms. The van der Waals surface area contributed by atoms with Crippen LogP contribution < -0.4 is 11.1 Å². The number of rotatable bonds is 5. The average molecular weight is 235 g/mol. The van der Waals surface area contributed by atoms with Gasteiger partial charge in [-0.15, -0.1) is 0 Å². The van der Waals surface area contributed by atoms with Crippen LogP contribution in [0, 0.1) is 5.41 Å². The number of nitrogens with two attached hydrogens (primary N) is 1. The van der Waals surface area contributed by atoms with Crippen molar-refractivity contribution in [3.05, 3.63) is 29.6 Å². The lowest BCUT2D eigenvalue weighted by Crippen LogP contribution is -2.31. The highest BCUT2D eigenvalue weighted by Crippen LogP contribution is 2.44. The topological polar surface area (TPSA) is 88.2 Å². The van der Waals surface area contributed by atoms with Crippen LogP contribution >= 0.6 is 0 Å². The first kappa shape index (κ1) is 12.0. The molecule has 1 saturated carbocycles. The number of amides is 1. The number of carbonyl (C=O) groups is 1. The van der Waals surface area contributed by atoms with Gasteiger partial charge in [0.05, 0.1) is 12.3 Å². The minimum Gasteiger partial charge on any atom is -0.396 e. The van der Waals surface area contributed by atoms with Gasteiger partial charge in [0.15, 0.2) is 0 Å². The average Bonchev–Trinajstić information content (AvgIpc) is 3.17. The van der Waals surface area contributed by atoms with Crippen LogP contribution in [0.5, 0.6) is 0 Å². The number of carbonyl (C=O) groups excluding carboxylic acids is 1. The van der Waals surface area contributed by atoms with Gasteiger partial charge in [-0.1, -0.05) is 0 Å². The van der Waals surface area contributed by atoms with Gasteiger partial charge in [0, 0.05) is 30.3 Å². The summed E-state index contributed by atoms with van der Waals surface area (Å²) in [5.41, 5.74) is 6.66. The van der Waals surface area contributed by atoms with E-state index in [4.69, 9.17) is 10.8 Å². The summed E-state index contributed by atoms with van der Waals surface area (Å²) >= 11 is 0. The zero-order valence-corrected chi connectivity index (χ0v) is 9.65. The molecule has 17 heavy (non-hydrogen) atoms. The number of hydrogen-bond donors (Lipinski definition) is 3. The third kappa shape index (κ3) is 2.81. The van der Waals surface area contributed by atoms with Crippen molar-refractivity contribution in [1.82, 2.24) is 10.3 Å². The third-order valence-corrected chi connectivity index (χ3v) is 3.20. The van der Waals surface area contributed by atoms with E-state index in [9.17, 15) is 4.79 Å². The minimum absolute atomic E-state index is 0.0701. The predicted molar refractivity (Wildman–Crippen MR) is 63.2 cm³/mol. The Morgan fingerprint density at radius 1 is 1.59 bits per heavy atom. The molecule has 0 atom stereocenters. The fourth-order valence-electron chi connectivity index (χ4n) is 1.67. The molecule has 5 heteroatoms. The van der Waals surface area contributed by atoms with Gasteiger partial charge in [-0.05, 0) is 25.0 Å². The van der Waals surface area contributed by atoms with Crippen LogP contribution in [-0.2, 0) is 6.54 Å². The summed E-state index contributed by atoms with van der Waals surface area (Å²) in [6, 6.07) is 3.35. The molecule has 1 aliphatic rings. The normalized spacial score (nSPS) is 16.6. The Kier molecular flexibility index (Phi) is 3.40. The summed E-state index contributed by atoms with van der Waals surface area (Å²) in [6.45, 7) is 0.988. The molecule has 1 fully saturated rings. The highest BCUT2D eigenvalue weighted by molar-refractivity contribution is 5.94. The van der Waals surface area contributed by atoms with Crippen molar-refractivity contribution < 1.29 is 9.90 Å². The lowest BCUT2D eigenvalue weighted by Gasteiger charge is -2.12. The second kappa shape index (κ2) is 4.81. The summed E-state index contributed by atoms with van der Waals surface area (Å²) in [7, 11) is 0. The molecule has 1 aliphatic carbocycles. The lowest BCUT2D eigenvalue weighted by molar-refractivity contribution is 0.0935. The highest BCUT2D eigenvalue weighted by atomic mass is 16.3. The summed E-state index contributed by atoms with van der Waals surface area (Å²) in [4.78, 5) is 15.9. The third-order valence-electron chi connectivity index (χ3n) is 3.20. The maximum atomic E-state index is 11.8. The fraction of sp³-hybridized carbons (Fsp3) is 0.500. The van der Waals surface area contributed by atoms with Crippen molar-refractivity contribution in [2.75, 3.05) is 13.2 Å². The van der Waals surface area contributed by atoms with Gasteiger partial charge < -0.3 is 16.2 Å². The molecule has 0 radical (unpaired) electrons. The molecule has 2 rings (SSSR count). The Morgan fingerprint density at radius 2 is 2.35 bits per heavy atom. The molecule has 1 aromatic rings. The maximum absolute atomic E-state index is 11.8. The second-order valence-corrected chi connectivity index (χ2v) is 4.58. The van der Waals surface area contributed by atoms with Gasteiger partial charge in [-0.2, -0.15) is 0 Å². The first-order valence-electron chi connectivity index (χ1n) is 5.73. The molecule has 5 nitrogen and oxygen atoms in total. The van der Waals surface area contributed by atoms with Crippen molar-refractivity contribution in [2.45, 2.75) is 19.4 Å². The van der Waals surface area contributed by atoms with E-state index in [1.54, 1.807) is 18.3 Å². The van der Waals surface area contributed by atoms with Gasteiger partial charge in [0.1, 0.15) is 0 Å². The van der Waals surface area contributed by atoms with Crippen LogP contribution in [-0.4, -0.2) is 29.1 Å². The molecule has 0 aromatic carbocycles. The maximum Gasteiger partial charge on any atom is 0.251 e. The zero-order chi connectivity index (χ0) is 12.3. The zero-order valence-electron chi connectivity index (χ0n) is 9.65. The quantitative estimate of drug-likeness (QED) is 0.672. The van der Waals surface area contributed by atoms with Crippen LogP contribution in [0.4, 0.5) is 0 Å². The standard InChI is InChI=1S/C12H17N3O2/c13-6-10-5-9(1-4-14-10)11(17)15-7-12(8-16)2-3-12/h1,4-5,16H,2-3,6-8,13H2,(H,15,17). The van der Waals surface area contributed by atoms with E-state index in [0.717, 1.165) is 12.8 Å². The van der Waals surface area contributed by atoms with E-state index >= 15 is 0 Å².